The Morgan fingerprint density at radius 1 is 1.00 bits per heavy atom. The van der Waals surface area contributed by atoms with Crippen LogP contribution in [0.3, 0.4) is 0 Å². The van der Waals surface area contributed by atoms with Crippen molar-refractivity contribution in [3.63, 3.8) is 0 Å². The molecule has 1 N–H and O–H groups in total. The normalized spacial score (nSPS) is 25.7. The van der Waals surface area contributed by atoms with Crippen molar-refractivity contribution in [2.24, 2.45) is 0 Å². The van der Waals surface area contributed by atoms with E-state index in [1.165, 1.54) is 12.8 Å². The SMILES string of the molecule is O=C1CCC(C(=O)N2CCN(C(=O)CCN3CCCC3)CC2)N1. The molecule has 1 atom stereocenters. The quantitative estimate of drug-likeness (QED) is 0.752. The van der Waals surface area contributed by atoms with Gasteiger partial charge < -0.3 is 20.0 Å². The zero-order valence-corrected chi connectivity index (χ0v) is 13.6. The summed E-state index contributed by atoms with van der Waals surface area (Å²) in [5.74, 6) is 0.150. The molecule has 0 bridgehead atoms. The highest BCUT2D eigenvalue weighted by atomic mass is 16.2. The first-order valence-corrected chi connectivity index (χ1v) is 8.72. The minimum Gasteiger partial charge on any atom is -0.344 e. The van der Waals surface area contributed by atoms with E-state index in [-0.39, 0.29) is 23.8 Å². The van der Waals surface area contributed by atoms with Crippen molar-refractivity contribution in [1.82, 2.24) is 20.0 Å². The van der Waals surface area contributed by atoms with Crippen LogP contribution >= 0.6 is 0 Å². The molecule has 0 spiro atoms. The molecule has 0 aliphatic carbocycles. The molecule has 3 fully saturated rings. The second kappa shape index (κ2) is 7.29. The van der Waals surface area contributed by atoms with E-state index in [0.717, 1.165) is 19.6 Å². The topological polar surface area (TPSA) is 73.0 Å². The van der Waals surface area contributed by atoms with Gasteiger partial charge in [-0.05, 0) is 32.4 Å². The van der Waals surface area contributed by atoms with Gasteiger partial charge in [0.1, 0.15) is 6.04 Å². The fourth-order valence-corrected chi connectivity index (χ4v) is 3.61. The molecular formula is C16H26N4O3. The number of nitrogens with one attached hydrogen (secondary N) is 1. The summed E-state index contributed by atoms with van der Waals surface area (Å²) in [6.07, 6.45) is 4.09. The van der Waals surface area contributed by atoms with Crippen LogP contribution in [0.25, 0.3) is 0 Å². The van der Waals surface area contributed by atoms with Crippen molar-refractivity contribution >= 4 is 17.7 Å². The van der Waals surface area contributed by atoms with Gasteiger partial charge in [0.2, 0.25) is 17.7 Å². The smallest absolute Gasteiger partial charge is 0.245 e. The highest BCUT2D eigenvalue weighted by Gasteiger charge is 2.32. The van der Waals surface area contributed by atoms with E-state index in [4.69, 9.17) is 0 Å². The van der Waals surface area contributed by atoms with Gasteiger partial charge in [-0.3, -0.25) is 14.4 Å². The second-order valence-corrected chi connectivity index (χ2v) is 6.66. The molecule has 0 radical (unpaired) electrons. The van der Waals surface area contributed by atoms with Gasteiger partial charge in [0.25, 0.3) is 0 Å². The third-order valence-electron chi connectivity index (χ3n) is 5.08. The van der Waals surface area contributed by atoms with E-state index >= 15 is 0 Å². The van der Waals surface area contributed by atoms with Gasteiger partial charge in [-0.15, -0.1) is 0 Å². The molecular weight excluding hydrogens is 296 g/mol. The van der Waals surface area contributed by atoms with Crippen LogP contribution in [0.15, 0.2) is 0 Å². The van der Waals surface area contributed by atoms with Gasteiger partial charge in [-0.25, -0.2) is 0 Å². The van der Waals surface area contributed by atoms with Crippen LogP contribution in [0.2, 0.25) is 0 Å². The number of nitrogens with zero attached hydrogens (tertiary/aromatic N) is 3. The third-order valence-corrected chi connectivity index (χ3v) is 5.08. The zero-order chi connectivity index (χ0) is 16.2. The highest BCUT2D eigenvalue weighted by Crippen LogP contribution is 2.13. The first-order valence-electron chi connectivity index (χ1n) is 8.72. The molecule has 0 saturated carbocycles. The largest absolute Gasteiger partial charge is 0.344 e. The van der Waals surface area contributed by atoms with E-state index in [9.17, 15) is 14.4 Å². The lowest BCUT2D eigenvalue weighted by Gasteiger charge is -2.36. The standard InChI is InChI=1S/C16H26N4O3/c21-14-4-3-13(17-14)16(23)20-11-9-19(10-12-20)15(22)5-8-18-6-1-2-7-18/h13H,1-12H2,(H,17,21). The Hall–Kier alpha value is -1.63. The van der Waals surface area contributed by atoms with E-state index in [1.54, 1.807) is 4.90 Å². The molecule has 7 heteroatoms. The maximum atomic E-state index is 12.3. The number of carbonyl (C=O) groups is 3. The molecule has 3 saturated heterocycles. The number of hydrogen-bond acceptors (Lipinski definition) is 4. The van der Waals surface area contributed by atoms with Crippen LogP contribution in [0, 0.1) is 0 Å². The van der Waals surface area contributed by atoms with Crippen molar-refractivity contribution in [3.05, 3.63) is 0 Å². The van der Waals surface area contributed by atoms with Crippen molar-refractivity contribution in [2.45, 2.75) is 38.1 Å². The third kappa shape index (κ3) is 4.02. The molecule has 3 amide bonds. The Balaban J connectivity index is 1.40. The Morgan fingerprint density at radius 2 is 1.65 bits per heavy atom. The number of hydrogen-bond donors (Lipinski definition) is 1. The molecule has 3 aliphatic heterocycles. The van der Waals surface area contributed by atoms with Crippen LogP contribution in [0.4, 0.5) is 0 Å². The Morgan fingerprint density at radius 3 is 2.26 bits per heavy atom. The minimum absolute atomic E-state index is 0.0000145. The average Bonchev–Trinajstić information content (AvgIpc) is 3.23. The number of likely N-dealkylation sites (tertiary alicyclic amines) is 1. The first-order chi connectivity index (χ1) is 11.1. The molecule has 1 unspecified atom stereocenters. The van der Waals surface area contributed by atoms with Gasteiger partial charge in [0, 0.05) is 45.6 Å². The zero-order valence-electron chi connectivity index (χ0n) is 13.6. The summed E-state index contributed by atoms with van der Waals surface area (Å²) in [5, 5.41) is 2.72. The van der Waals surface area contributed by atoms with Gasteiger partial charge >= 0.3 is 0 Å². The molecule has 3 aliphatic rings. The molecule has 3 rings (SSSR count). The Bertz CT molecular complexity index is 468. The van der Waals surface area contributed by atoms with E-state index in [2.05, 4.69) is 10.2 Å². The van der Waals surface area contributed by atoms with Crippen molar-refractivity contribution in [3.8, 4) is 0 Å². The summed E-state index contributed by atoms with van der Waals surface area (Å²) in [5.41, 5.74) is 0. The number of rotatable bonds is 4. The van der Waals surface area contributed by atoms with Gasteiger partial charge in [-0.1, -0.05) is 0 Å². The Labute approximate surface area is 137 Å². The lowest BCUT2D eigenvalue weighted by molar-refractivity contribution is -0.141. The highest BCUT2D eigenvalue weighted by molar-refractivity contribution is 5.91. The molecule has 3 heterocycles. The minimum atomic E-state index is -0.361. The first kappa shape index (κ1) is 16.2. The van der Waals surface area contributed by atoms with Gasteiger partial charge in [-0.2, -0.15) is 0 Å². The van der Waals surface area contributed by atoms with E-state index < -0.39 is 0 Å². The lowest BCUT2D eigenvalue weighted by Crippen LogP contribution is -2.54. The van der Waals surface area contributed by atoms with Crippen LogP contribution < -0.4 is 5.32 Å². The number of piperazine rings is 1. The predicted octanol–water partition coefficient (Wildman–Crippen LogP) is -0.578. The van der Waals surface area contributed by atoms with Gasteiger partial charge in [0.15, 0.2) is 0 Å². The van der Waals surface area contributed by atoms with Crippen LogP contribution in [-0.4, -0.2) is 84.3 Å². The maximum Gasteiger partial charge on any atom is 0.245 e. The van der Waals surface area contributed by atoms with Gasteiger partial charge in [0.05, 0.1) is 0 Å². The van der Waals surface area contributed by atoms with Crippen LogP contribution in [0.5, 0.6) is 0 Å². The summed E-state index contributed by atoms with van der Waals surface area (Å²) >= 11 is 0. The predicted molar refractivity (Wildman–Crippen MR) is 84.6 cm³/mol. The number of carbonyl (C=O) groups excluding carboxylic acids is 3. The van der Waals surface area contributed by atoms with Crippen LogP contribution in [0.1, 0.15) is 32.1 Å². The van der Waals surface area contributed by atoms with Crippen molar-refractivity contribution in [1.29, 1.82) is 0 Å². The summed E-state index contributed by atoms with van der Waals surface area (Å²) in [6, 6.07) is -0.361. The summed E-state index contributed by atoms with van der Waals surface area (Å²) in [7, 11) is 0. The average molecular weight is 322 g/mol. The fourth-order valence-electron chi connectivity index (χ4n) is 3.61. The van der Waals surface area contributed by atoms with E-state index in [0.29, 0.717) is 45.4 Å². The molecule has 23 heavy (non-hydrogen) atoms. The molecule has 0 aromatic rings. The number of amides is 3. The fraction of sp³-hybridized carbons (Fsp3) is 0.812. The van der Waals surface area contributed by atoms with Crippen molar-refractivity contribution in [2.75, 3.05) is 45.8 Å². The Kier molecular flexibility index (Phi) is 5.15. The molecule has 0 aromatic heterocycles. The molecule has 128 valence electrons. The van der Waals surface area contributed by atoms with E-state index in [1.807, 2.05) is 4.90 Å². The second-order valence-electron chi connectivity index (χ2n) is 6.66. The summed E-state index contributed by atoms with van der Waals surface area (Å²) in [4.78, 5) is 41.8. The maximum absolute atomic E-state index is 12.3. The lowest BCUT2D eigenvalue weighted by atomic mass is 10.2. The molecule has 7 nitrogen and oxygen atoms in total. The monoisotopic (exact) mass is 322 g/mol. The molecule has 0 aromatic carbocycles. The van der Waals surface area contributed by atoms with Crippen LogP contribution in [-0.2, 0) is 14.4 Å². The summed E-state index contributed by atoms with van der Waals surface area (Å²) in [6.45, 7) is 5.43. The van der Waals surface area contributed by atoms with Crippen molar-refractivity contribution < 1.29 is 14.4 Å². The summed E-state index contributed by atoms with van der Waals surface area (Å²) < 4.78 is 0.